The van der Waals surface area contributed by atoms with Gasteiger partial charge in [0.05, 0.1) is 12.6 Å². The average Bonchev–Trinajstić information content (AvgIpc) is 2.50. The lowest BCUT2D eigenvalue weighted by Gasteiger charge is -2.27. The number of aliphatic imine (C=N–C) groups is 1. The second-order valence-corrected chi connectivity index (χ2v) is 5.93. The lowest BCUT2D eigenvalue weighted by molar-refractivity contribution is 0.120. The highest BCUT2D eigenvalue weighted by molar-refractivity contribution is 14.0. The summed E-state index contributed by atoms with van der Waals surface area (Å²) in [6, 6.07) is 5.57. The van der Waals surface area contributed by atoms with Gasteiger partial charge in [0.1, 0.15) is 5.82 Å². The van der Waals surface area contributed by atoms with Crippen LogP contribution in [0.4, 0.5) is 4.39 Å². The van der Waals surface area contributed by atoms with Crippen molar-refractivity contribution < 1.29 is 9.50 Å². The zero-order valence-corrected chi connectivity index (χ0v) is 16.1. The number of guanidine groups is 1. The summed E-state index contributed by atoms with van der Waals surface area (Å²) in [5.74, 6) is 0.566. The molecule has 0 bridgehead atoms. The summed E-state index contributed by atoms with van der Waals surface area (Å²) in [7, 11) is 0. The first kappa shape index (κ1) is 20.2. The maximum absolute atomic E-state index is 13.6. The van der Waals surface area contributed by atoms with E-state index in [2.05, 4.69) is 15.6 Å². The van der Waals surface area contributed by atoms with Crippen molar-refractivity contribution in [3.05, 3.63) is 35.1 Å². The Morgan fingerprint density at radius 3 is 2.61 bits per heavy atom. The topological polar surface area (TPSA) is 56.7 Å². The zero-order chi connectivity index (χ0) is 15.9. The van der Waals surface area contributed by atoms with Crippen molar-refractivity contribution in [2.45, 2.75) is 58.2 Å². The molecule has 0 spiro atoms. The predicted octanol–water partition coefficient (Wildman–Crippen LogP) is 3.11. The van der Waals surface area contributed by atoms with Gasteiger partial charge in [0, 0.05) is 12.6 Å². The summed E-state index contributed by atoms with van der Waals surface area (Å²) in [5.41, 5.74) is 1.51. The molecule has 6 heteroatoms. The molecule has 1 aliphatic carbocycles. The number of aliphatic hydroxyl groups excluding tert-OH is 1. The van der Waals surface area contributed by atoms with Crippen molar-refractivity contribution in [1.82, 2.24) is 10.6 Å². The number of hydrogen-bond acceptors (Lipinski definition) is 2. The van der Waals surface area contributed by atoms with E-state index in [-0.39, 0.29) is 35.9 Å². The molecule has 1 saturated carbocycles. The summed E-state index contributed by atoms with van der Waals surface area (Å²) in [6.07, 6.45) is 3.41. The van der Waals surface area contributed by atoms with Crippen LogP contribution in [0.5, 0.6) is 0 Å². The van der Waals surface area contributed by atoms with Gasteiger partial charge in [0.15, 0.2) is 5.96 Å². The second-order valence-electron chi connectivity index (χ2n) is 5.93. The standard InChI is InChI=1S/C17H26FN3O.HI/c1-3-19-17(21-14-6-8-15(22)9-7-14)20-11-13-5-4-12(2)16(18)10-13;/h4-5,10,14-15,22H,3,6-9,11H2,1-2H3,(H2,19,20,21);1H. The zero-order valence-electron chi connectivity index (χ0n) is 13.8. The fourth-order valence-corrected chi connectivity index (χ4v) is 2.64. The Morgan fingerprint density at radius 2 is 2.00 bits per heavy atom. The molecular formula is C17H27FIN3O. The normalized spacial score (nSPS) is 21.5. The molecule has 1 fully saturated rings. The van der Waals surface area contributed by atoms with Gasteiger partial charge in [-0.2, -0.15) is 0 Å². The van der Waals surface area contributed by atoms with Crippen LogP contribution in [-0.4, -0.2) is 29.8 Å². The number of nitrogens with one attached hydrogen (secondary N) is 2. The van der Waals surface area contributed by atoms with Crippen LogP contribution < -0.4 is 10.6 Å². The maximum atomic E-state index is 13.6. The Labute approximate surface area is 155 Å². The van der Waals surface area contributed by atoms with Gasteiger partial charge in [-0.25, -0.2) is 9.38 Å². The Bertz CT molecular complexity index is 517. The van der Waals surface area contributed by atoms with Crippen molar-refractivity contribution in [1.29, 1.82) is 0 Å². The molecule has 1 aromatic carbocycles. The fourth-order valence-electron chi connectivity index (χ4n) is 2.64. The van der Waals surface area contributed by atoms with Crippen LogP contribution in [0.25, 0.3) is 0 Å². The van der Waals surface area contributed by atoms with Crippen LogP contribution in [-0.2, 0) is 6.54 Å². The van der Waals surface area contributed by atoms with Crippen LogP contribution >= 0.6 is 24.0 Å². The molecule has 0 saturated heterocycles. The molecule has 0 atom stereocenters. The third kappa shape index (κ3) is 6.63. The van der Waals surface area contributed by atoms with E-state index in [0.717, 1.165) is 43.8 Å². The average molecular weight is 435 g/mol. The van der Waals surface area contributed by atoms with Gasteiger partial charge in [0.25, 0.3) is 0 Å². The Hall–Kier alpha value is -0.890. The summed E-state index contributed by atoms with van der Waals surface area (Å²) >= 11 is 0. The number of hydrogen-bond donors (Lipinski definition) is 3. The SMILES string of the molecule is CCNC(=NCc1ccc(C)c(F)c1)NC1CCC(O)CC1.I. The maximum Gasteiger partial charge on any atom is 0.191 e. The summed E-state index contributed by atoms with van der Waals surface area (Å²) < 4.78 is 13.6. The van der Waals surface area contributed by atoms with Gasteiger partial charge in [-0.3, -0.25) is 0 Å². The van der Waals surface area contributed by atoms with E-state index in [1.54, 1.807) is 19.1 Å². The molecule has 23 heavy (non-hydrogen) atoms. The van der Waals surface area contributed by atoms with Gasteiger partial charge in [-0.05, 0) is 56.7 Å². The van der Waals surface area contributed by atoms with Crippen LogP contribution in [0.1, 0.15) is 43.7 Å². The molecule has 0 amide bonds. The van der Waals surface area contributed by atoms with E-state index in [9.17, 15) is 9.50 Å². The first-order valence-electron chi connectivity index (χ1n) is 8.06. The van der Waals surface area contributed by atoms with Crippen LogP contribution in [0.2, 0.25) is 0 Å². The van der Waals surface area contributed by atoms with Crippen molar-refractivity contribution in [3.8, 4) is 0 Å². The highest BCUT2D eigenvalue weighted by atomic mass is 127. The summed E-state index contributed by atoms with van der Waals surface area (Å²) in [5, 5.41) is 16.2. The second kappa shape index (κ2) is 10.1. The van der Waals surface area contributed by atoms with Crippen molar-refractivity contribution in [2.24, 2.45) is 4.99 Å². The predicted molar refractivity (Wildman–Crippen MR) is 103 cm³/mol. The quantitative estimate of drug-likeness (QED) is 0.387. The fraction of sp³-hybridized carbons (Fsp3) is 0.588. The number of nitrogens with zero attached hydrogens (tertiary/aromatic N) is 1. The van der Waals surface area contributed by atoms with Crippen LogP contribution in [0.15, 0.2) is 23.2 Å². The van der Waals surface area contributed by atoms with Gasteiger partial charge in [-0.1, -0.05) is 12.1 Å². The molecule has 0 heterocycles. The molecule has 4 nitrogen and oxygen atoms in total. The number of halogens is 2. The first-order valence-corrected chi connectivity index (χ1v) is 8.06. The molecule has 0 unspecified atom stereocenters. The molecule has 3 N–H and O–H groups in total. The molecule has 2 rings (SSSR count). The van der Waals surface area contributed by atoms with E-state index in [4.69, 9.17) is 0 Å². The molecule has 0 radical (unpaired) electrons. The lowest BCUT2D eigenvalue weighted by atomic mass is 9.93. The third-order valence-electron chi connectivity index (χ3n) is 4.04. The van der Waals surface area contributed by atoms with Crippen LogP contribution in [0, 0.1) is 12.7 Å². The van der Waals surface area contributed by atoms with Crippen LogP contribution in [0.3, 0.4) is 0 Å². The smallest absolute Gasteiger partial charge is 0.191 e. The molecule has 0 aromatic heterocycles. The summed E-state index contributed by atoms with van der Waals surface area (Å²) in [4.78, 5) is 4.53. The highest BCUT2D eigenvalue weighted by Crippen LogP contribution is 2.18. The molecule has 1 aromatic rings. The Morgan fingerprint density at radius 1 is 1.30 bits per heavy atom. The third-order valence-corrected chi connectivity index (χ3v) is 4.04. The minimum atomic E-state index is -0.188. The van der Waals surface area contributed by atoms with Gasteiger partial charge in [-0.15, -0.1) is 24.0 Å². The summed E-state index contributed by atoms with van der Waals surface area (Å²) in [6.45, 7) is 5.00. The number of aryl methyl sites for hydroxylation is 1. The monoisotopic (exact) mass is 435 g/mol. The molecule has 130 valence electrons. The van der Waals surface area contributed by atoms with Crippen molar-refractivity contribution in [3.63, 3.8) is 0 Å². The van der Waals surface area contributed by atoms with E-state index in [1.165, 1.54) is 0 Å². The van der Waals surface area contributed by atoms with Gasteiger partial charge in [0.2, 0.25) is 0 Å². The lowest BCUT2D eigenvalue weighted by Crippen LogP contribution is -2.45. The number of rotatable bonds is 4. The minimum absolute atomic E-state index is 0. The first-order chi connectivity index (χ1) is 10.6. The van der Waals surface area contributed by atoms with Crippen molar-refractivity contribution >= 4 is 29.9 Å². The van der Waals surface area contributed by atoms with E-state index < -0.39 is 0 Å². The van der Waals surface area contributed by atoms with Gasteiger partial charge >= 0.3 is 0 Å². The minimum Gasteiger partial charge on any atom is -0.393 e. The van der Waals surface area contributed by atoms with Gasteiger partial charge < -0.3 is 15.7 Å². The van der Waals surface area contributed by atoms with E-state index in [1.807, 2.05) is 13.0 Å². The van der Waals surface area contributed by atoms with Crippen molar-refractivity contribution in [2.75, 3.05) is 6.54 Å². The molecular weight excluding hydrogens is 408 g/mol. The number of benzene rings is 1. The largest absolute Gasteiger partial charge is 0.393 e. The number of aliphatic hydroxyl groups is 1. The molecule has 1 aliphatic rings. The van der Waals surface area contributed by atoms with E-state index >= 15 is 0 Å². The van der Waals surface area contributed by atoms with E-state index in [0.29, 0.717) is 18.2 Å². The molecule has 0 aliphatic heterocycles. The highest BCUT2D eigenvalue weighted by Gasteiger charge is 2.19. The Kier molecular flexibility index (Phi) is 8.83. The Balaban J connectivity index is 0.00000264.